The number of nitrogens with zero attached hydrogens (tertiary/aromatic N) is 2. The number of halogens is 2. The molecule has 2 nitrogen and oxygen atoms in total. The Morgan fingerprint density at radius 1 is 1.50 bits per heavy atom. The van der Waals surface area contributed by atoms with Gasteiger partial charge in [-0.25, -0.2) is 0 Å². The van der Waals surface area contributed by atoms with Crippen LogP contribution in [0.3, 0.4) is 0 Å². The Morgan fingerprint density at radius 3 is 2.70 bits per heavy atom. The Hall–Kier alpha value is 0.410. The van der Waals surface area contributed by atoms with Crippen molar-refractivity contribution in [2.45, 2.75) is 6.92 Å². The highest BCUT2D eigenvalue weighted by Crippen LogP contribution is 1.95. The van der Waals surface area contributed by atoms with Gasteiger partial charge < -0.3 is 0 Å². The van der Waals surface area contributed by atoms with E-state index in [4.69, 9.17) is 0 Å². The number of rotatable bonds is 0. The van der Waals surface area contributed by atoms with Crippen molar-refractivity contribution in [1.82, 2.24) is 2.78 Å². The van der Waals surface area contributed by atoms with Crippen LogP contribution in [-0.4, -0.2) is 2.78 Å². The van der Waals surface area contributed by atoms with Crippen molar-refractivity contribution in [3.63, 3.8) is 0 Å². The Kier molecular flexibility index (Phi) is 3.15. The quantitative estimate of drug-likeness (QED) is 0.632. The van der Waals surface area contributed by atoms with Crippen LogP contribution in [0.25, 0.3) is 0 Å². The van der Waals surface area contributed by atoms with Crippen molar-refractivity contribution in [2.75, 3.05) is 0 Å². The summed E-state index contributed by atoms with van der Waals surface area (Å²) in [6, 6.07) is 4.04. The summed E-state index contributed by atoms with van der Waals surface area (Å²) in [6.45, 7) is 2.06. The first-order chi connectivity index (χ1) is 4.74. The molecular weight excluding hydrogens is 354 g/mol. The first kappa shape index (κ1) is 8.51. The monoisotopic (exact) mass is 360 g/mol. The lowest BCUT2D eigenvalue weighted by Crippen LogP contribution is -2.10. The Balaban J connectivity index is 3.34. The summed E-state index contributed by atoms with van der Waals surface area (Å²) < 4.78 is 6.01. The zero-order chi connectivity index (χ0) is 7.56. The second kappa shape index (κ2) is 3.70. The lowest BCUT2D eigenvalue weighted by atomic mass is 10.3. The molecule has 0 aromatic carbocycles. The zero-order valence-electron chi connectivity index (χ0n) is 5.38. The predicted octanol–water partition coefficient (Wildman–Crippen LogP) is 2.25. The lowest BCUT2D eigenvalue weighted by Gasteiger charge is -1.95. The van der Waals surface area contributed by atoms with Crippen LogP contribution >= 0.6 is 45.7 Å². The molecular formula is C6H6I2N2. The summed E-state index contributed by atoms with van der Waals surface area (Å²) >= 11 is 4.19. The maximum atomic E-state index is 4.04. The van der Waals surface area contributed by atoms with Gasteiger partial charge in [0, 0.05) is 6.20 Å². The zero-order valence-corrected chi connectivity index (χ0v) is 9.70. The minimum absolute atomic E-state index is 0.979. The van der Waals surface area contributed by atoms with E-state index in [1.165, 1.54) is 5.56 Å². The van der Waals surface area contributed by atoms with Crippen molar-refractivity contribution < 1.29 is 0 Å². The Bertz CT molecular complexity index is 290. The Labute approximate surface area is 87.4 Å². The third-order valence-corrected chi connectivity index (χ3v) is 2.38. The molecule has 1 heterocycles. The summed E-state index contributed by atoms with van der Waals surface area (Å²) in [5.74, 6) is 0. The van der Waals surface area contributed by atoms with Crippen LogP contribution in [0.4, 0.5) is 0 Å². The van der Waals surface area contributed by atoms with E-state index in [2.05, 4.69) is 33.0 Å². The van der Waals surface area contributed by atoms with Crippen molar-refractivity contribution in [2.24, 2.45) is 3.21 Å². The summed E-state index contributed by atoms with van der Waals surface area (Å²) in [5.41, 5.74) is 2.23. The van der Waals surface area contributed by atoms with Crippen molar-refractivity contribution in [3.8, 4) is 0 Å². The minimum Gasteiger partial charge on any atom is -0.273 e. The van der Waals surface area contributed by atoms with Crippen molar-refractivity contribution >= 4 is 45.7 Å². The molecule has 0 saturated heterocycles. The van der Waals surface area contributed by atoms with Gasteiger partial charge in [0.2, 0.25) is 0 Å². The lowest BCUT2D eigenvalue weighted by molar-refractivity contribution is 1.13. The van der Waals surface area contributed by atoms with Gasteiger partial charge in [-0.1, -0.05) is 6.07 Å². The number of aromatic nitrogens is 1. The smallest absolute Gasteiger partial charge is 0.147 e. The standard InChI is InChI=1S/C6H6I2N2/c1-5-2-3-6(9-7)10(8)4-5/h2-4H,1H3. The molecule has 0 saturated carbocycles. The van der Waals surface area contributed by atoms with Gasteiger partial charge >= 0.3 is 0 Å². The highest BCUT2D eigenvalue weighted by atomic mass is 127. The SMILES string of the molecule is Cc1ccc(=NI)n(I)c1. The van der Waals surface area contributed by atoms with E-state index in [0.29, 0.717) is 0 Å². The third-order valence-electron chi connectivity index (χ3n) is 1.12. The molecule has 0 aliphatic rings. The maximum Gasteiger partial charge on any atom is 0.147 e. The minimum atomic E-state index is 0.979. The highest BCUT2D eigenvalue weighted by Gasteiger charge is 1.87. The average Bonchev–Trinajstić information content (AvgIpc) is 1.88. The van der Waals surface area contributed by atoms with Crippen LogP contribution < -0.4 is 5.49 Å². The number of pyridine rings is 1. The van der Waals surface area contributed by atoms with Crippen LogP contribution in [0.2, 0.25) is 0 Å². The topological polar surface area (TPSA) is 17.3 Å². The van der Waals surface area contributed by atoms with Gasteiger partial charge in [0.1, 0.15) is 5.49 Å². The molecule has 0 N–H and O–H groups in total. The second-order valence-corrected chi connectivity index (χ2v) is 3.48. The van der Waals surface area contributed by atoms with E-state index in [1.807, 2.05) is 44.0 Å². The van der Waals surface area contributed by atoms with Gasteiger partial charge in [-0.15, -0.1) is 0 Å². The van der Waals surface area contributed by atoms with Gasteiger partial charge in [-0.05, 0) is 18.6 Å². The molecule has 0 aliphatic carbocycles. The van der Waals surface area contributed by atoms with E-state index in [-0.39, 0.29) is 0 Å². The van der Waals surface area contributed by atoms with Crippen LogP contribution in [0.1, 0.15) is 5.56 Å². The number of aryl methyl sites for hydroxylation is 1. The summed E-state index contributed by atoms with van der Waals surface area (Å²) in [6.07, 6.45) is 2.04. The van der Waals surface area contributed by atoms with Gasteiger partial charge in [0.05, 0.1) is 45.7 Å². The van der Waals surface area contributed by atoms with E-state index in [1.54, 1.807) is 0 Å². The molecule has 10 heavy (non-hydrogen) atoms. The van der Waals surface area contributed by atoms with Gasteiger partial charge in [0.15, 0.2) is 0 Å². The van der Waals surface area contributed by atoms with E-state index >= 15 is 0 Å². The molecule has 4 heteroatoms. The first-order valence-electron chi connectivity index (χ1n) is 2.74. The average molecular weight is 360 g/mol. The summed E-state index contributed by atoms with van der Waals surface area (Å²) in [7, 11) is 0. The summed E-state index contributed by atoms with van der Waals surface area (Å²) in [5, 5.41) is 0. The molecule has 0 unspecified atom stereocenters. The summed E-state index contributed by atoms with van der Waals surface area (Å²) in [4.78, 5) is 0. The molecule has 0 radical (unpaired) electrons. The molecule has 0 amide bonds. The normalized spacial score (nSPS) is 12.1. The van der Waals surface area contributed by atoms with Crippen molar-refractivity contribution in [3.05, 3.63) is 29.4 Å². The third kappa shape index (κ3) is 1.94. The predicted molar refractivity (Wildman–Crippen MR) is 58.2 cm³/mol. The second-order valence-electron chi connectivity index (χ2n) is 1.96. The van der Waals surface area contributed by atoms with Crippen LogP contribution in [0, 0.1) is 6.92 Å². The highest BCUT2D eigenvalue weighted by molar-refractivity contribution is 14.1. The largest absolute Gasteiger partial charge is 0.273 e. The Morgan fingerprint density at radius 2 is 2.20 bits per heavy atom. The van der Waals surface area contributed by atoms with Crippen molar-refractivity contribution in [1.29, 1.82) is 0 Å². The molecule has 0 bridgehead atoms. The van der Waals surface area contributed by atoms with Gasteiger partial charge in [-0.2, -0.15) is 3.21 Å². The molecule has 1 aromatic heterocycles. The fraction of sp³-hybridized carbons (Fsp3) is 0.167. The molecule has 54 valence electrons. The number of hydrogen-bond donors (Lipinski definition) is 0. The number of hydrogen-bond acceptors (Lipinski definition) is 1. The van der Waals surface area contributed by atoms with E-state index < -0.39 is 0 Å². The van der Waals surface area contributed by atoms with Crippen LogP contribution in [0.15, 0.2) is 21.5 Å². The van der Waals surface area contributed by atoms with Gasteiger partial charge in [0.25, 0.3) is 0 Å². The van der Waals surface area contributed by atoms with Crippen LogP contribution in [-0.2, 0) is 0 Å². The van der Waals surface area contributed by atoms with E-state index in [9.17, 15) is 0 Å². The maximum absolute atomic E-state index is 4.04. The molecule has 0 aliphatic heterocycles. The van der Waals surface area contributed by atoms with Crippen LogP contribution in [0.5, 0.6) is 0 Å². The van der Waals surface area contributed by atoms with Gasteiger partial charge in [-0.3, -0.25) is 2.78 Å². The molecule has 0 spiro atoms. The first-order valence-corrected chi connectivity index (χ1v) is 4.67. The molecule has 0 fully saturated rings. The fourth-order valence-electron chi connectivity index (χ4n) is 0.629. The molecule has 0 atom stereocenters. The van der Waals surface area contributed by atoms with E-state index in [0.717, 1.165) is 5.49 Å². The fourth-order valence-corrected chi connectivity index (χ4v) is 2.14. The molecule has 1 rings (SSSR count). The molecule has 1 aromatic rings.